The van der Waals surface area contributed by atoms with Crippen molar-refractivity contribution in [1.29, 1.82) is 0 Å². The Bertz CT molecular complexity index is 204. The van der Waals surface area contributed by atoms with Gasteiger partial charge in [-0.25, -0.2) is 0 Å². The van der Waals surface area contributed by atoms with E-state index >= 15 is 0 Å². The smallest absolute Gasteiger partial charge is 0.0892 e. The highest BCUT2D eigenvalue weighted by Crippen LogP contribution is 2.38. The molecule has 0 saturated carbocycles. The van der Waals surface area contributed by atoms with Gasteiger partial charge in [-0.3, -0.25) is 0 Å². The maximum absolute atomic E-state index is 9.10. The number of epoxide rings is 1. The molecular formula is C11H20O2. The number of hydrogen-bond donors (Lipinski definition) is 1. The molecule has 0 aliphatic carbocycles. The number of hydrogen-bond acceptors (Lipinski definition) is 2. The Morgan fingerprint density at radius 3 is 2.54 bits per heavy atom. The van der Waals surface area contributed by atoms with Gasteiger partial charge in [0.1, 0.15) is 0 Å². The van der Waals surface area contributed by atoms with Crippen LogP contribution in [0.5, 0.6) is 0 Å². The zero-order valence-corrected chi connectivity index (χ0v) is 9.00. The molecule has 1 heterocycles. The van der Waals surface area contributed by atoms with Gasteiger partial charge in [-0.2, -0.15) is 0 Å². The Morgan fingerprint density at radius 1 is 1.62 bits per heavy atom. The van der Waals surface area contributed by atoms with Crippen molar-refractivity contribution in [2.45, 2.75) is 58.3 Å². The van der Waals surface area contributed by atoms with Gasteiger partial charge in [-0.05, 0) is 40.5 Å². The summed E-state index contributed by atoms with van der Waals surface area (Å²) >= 11 is 0. The third kappa shape index (κ3) is 3.49. The summed E-state index contributed by atoms with van der Waals surface area (Å²) in [6, 6.07) is 0. The summed E-state index contributed by atoms with van der Waals surface area (Å²) in [5.41, 5.74) is 1.35. The normalized spacial score (nSPS) is 28.7. The Hall–Kier alpha value is -0.340. The second kappa shape index (κ2) is 3.81. The van der Waals surface area contributed by atoms with Crippen molar-refractivity contribution in [1.82, 2.24) is 0 Å². The molecule has 0 aromatic heterocycles. The van der Waals surface area contributed by atoms with Gasteiger partial charge in [0.15, 0.2) is 0 Å². The zero-order chi connectivity index (χ0) is 10.1. The molecule has 1 rings (SSSR count). The van der Waals surface area contributed by atoms with E-state index in [2.05, 4.69) is 20.8 Å². The second-order valence-corrected chi connectivity index (χ2v) is 4.50. The van der Waals surface area contributed by atoms with Gasteiger partial charge in [0.2, 0.25) is 0 Å². The molecule has 13 heavy (non-hydrogen) atoms. The van der Waals surface area contributed by atoms with Gasteiger partial charge >= 0.3 is 0 Å². The van der Waals surface area contributed by atoms with Crippen LogP contribution < -0.4 is 0 Å². The van der Waals surface area contributed by atoms with Crippen LogP contribution in [0.25, 0.3) is 0 Å². The summed E-state index contributed by atoms with van der Waals surface area (Å²) in [7, 11) is 0. The highest BCUT2D eigenvalue weighted by Gasteiger charge is 2.46. The van der Waals surface area contributed by atoms with Crippen LogP contribution in [0, 0.1) is 0 Å². The fraction of sp³-hybridized carbons (Fsp3) is 0.818. The van der Waals surface area contributed by atoms with E-state index < -0.39 is 0 Å². The molecule has 2 nitrogen and oxygen atoms in total. The molecule has 0 spiro atoms. The first-order valence-corrected chi connectivity index (χ1v) is 4.95. The predicted octanol–water partition coefficient (Wildman–Crippen LogP) is 2.27. The predicted molar refractivity (Wildman–Crippen MR) is 53.6 cm³/mol. The van der Waals surface area contributed by atoms with Crippen LogP contribution in [0.2, 0.25) is 0 Å². The fourth-order valence-electron chi connectivity index (χ4n) is 1.59. The minimum atomic E-state index is -0.326. The second-order valence-electron chi connectivity index (χ2n) is 4.50. The first-order valence-electron chi connectivity index (χ1n) is 4.95. The van der Waals surface area contributed by atoms with Gasteiger partial charge in [-0.15, -0.1) is 0 Å². The molecule has 0 amide bonds. The molecule has 0 radical (unpaired) electrons. The third-order valence-electron chi connectivity index (χ3n) is 2.49. The van der Waals surface area contributed by atoms with Gasteiger partial charge in [0.05, 0.1) is 17.8 Å². The molecule has 0 aromatic rings. The molecule has 76 valence electrons. The van der Waals surface area contributed by atoms with E-state index in [-0.39, 0.29) is 11.7 Å². The van der Waals surface area contributed by atoms with Gasteiger partial charge in [0.25, 0.3) is 0 Å². The molecule has 0 bridgehead atoms. The molecule has 1 aliphatic heterocycles. The van der Waals surface area contributed by atoms with Crippen molar-refractivity contribution in [3.63, 3.8) is 0 Å². The van der Waals surface area contributed by atoms with E-state index in [1.807, 2.05) is 6.08 Å². The Labute approximate surface area is 80.6 Å². The van der Waals surface area contributed by atoms with E-state index in [9.17, 15) is 0 Å². The molecule has 2 heteroatoms. The fourth-order valence-corrected chi connectivity index (χ4v) is 1.59. The molecule has 1 unspecified atom stereocenters. The van der Waals surface area contributed by atoms with Crippen molar-refractivity contribution < 1.29 is 9.84 Å². The number of rotatable bonds is 4. The number of ether oxygens (including phenoxy) is 1. The lowest BCUT2D eigenvalue weighted by molar-refractivity contribution is 0.242. The Morgan fingerprint density at radius 2 is 2.15 bits per heavy atom. The summed E-state index contributed by atoms with van der Waals surface area (Å²) in [5.74, 6) is 0. The lowest BCUT2D eigenvalue weighted by Gasteiger charge is -2.02. The minimum Gasteiger partial charge on any atom is -0.389 e. The van der Waals surface area contributed by atoms with Gasteiger partial charge < -0.3 is 9.84 Å². The summed E-state index contributed by atoms with van der Waals surface area (Å²) in [6.07, 6.45) is 4.09. The largest absolute Gasteiger partial charge is 0.389 e. The van der Waals surface area contributed by atoms with E-state index in [1.54, 1.807) is 6.92 Å². The van der Waals surface area contributed by atoms with Crippen LogP contribution >= 0.6 is 0 Å². The molecule has 0 aromatic carbocycles. The van der Waals surface area contributed by atoms with Crippen LogP contribution in [-0.4, -0.2) is 22.9 Å². The van der Waals surface area contributed by atoms with Crippen LogP contribution in [0.1, 0.15) is 40.5 Å². The lowest BCUT2D eigenvalue weighted by atomic mass is 10.0. The van der Waals surface area contributed by atoms with Crippen LogP contribution in [0.15, 0.2) is 11.6 Å². The van der Waals surface area contributed by atoms with Crippen LogP contribution in [-0.2, 0) is 4.74 Å². The maximum Gasteiger partial charge on any atom is 0.0892 e. The van der Waals surface area contributed by atoms with Crippen LogP contribution in [0.3, 0.4) is 0 Å². The zero-order valence-electron chi connectivity index (χ0n) is 9.00. The van der Waals surface area contributed by atoms with Crippen molar-refractivity contribution in [3.05, 3.63) is 11.6 Å². The minimum absolute atomic E-state index is 0.102. The summed E-state index contributed by atoms with van der Waals surface area (Å²) < 4.78 is 5.47. The summed E-state index contributed by atoms with van der Waals surface area (Å²) in [5, 5.41) is 9.10. The number of aliphatic hydroxyl groups is 1. The average Bonchev–Trinajstić information content (AvgIpc) is 2.53. The standard InChI is InChI=1S/C11H20O2/c1-8(7-9(2)12)5-6-10-11(3,4)13-10/h7,9-10,12H,5-6H2,1-4H3/b8-7+/t9?,10-/m0/s1. The Balaban J connectivity index is 2.20. The number of allylic oxidation sites excluding steroid dienone is 1. The molecule has 1 aliphatic rings. The summed E-state index contributed by atoms with van der Waals surface area (Å²) in [4.78, 5) is 0. The highest BCUT2D eigenvalue weighted by molar-refractivity contribution is 5.04. The third-order valence-corrected chi connectivity index (χ3v) is 2.49. The first-order chi connectivity index (χ1) is 5.92. The van der Waals surface area contributed by atoms with Crippen LogP contribution in [0.4, 0.5) is 0 Å². The van der Waals surface area contributed by atoms with E-state index in [0.717, 1.165) is 12.8 Å². The van der Waals surface area contributed by atoms with E-state index in [0.29, 0.717) is 6.10 Å². The van der Waals surface area contributed by atoms with Crippen molar-refractivity contribution in [2.24, 2.45) is 0 Å². The maximum atomic E-state index is 9.10. The van der Waals surface area contributed by atoms with Gasteiger partial charge in [0, 0.05) is 0 Å². The topological polar surface area (TPSA) is 32.8 Å². The van der Waals surface area contributed by atoms with Crippen molar-refractivity contribution in [3.8, 4) is 0 Å². The molecule has 1 fully saturated rings. The van der Waals surface area contributed by atoms with Crippen molar-refractivity contribution >= 4 is 0 Å². The van der Waals surface area contributed by atoms with Crippen molar-refractivity contribution in [2.75, 3.05) is 0 Å². The van der Waals surface area contributed by atoms with E-state index in [4.69, 9.17) is 9.84 Å². The SMILES string of the molecule is C/C(=C\C(C)O)CC[C@@H]1OC1(C)C. The number of aliphatic hydroxyl groups excluding tert-OH is 1. The molecule has 2 atom stereocenters. The van der Waals surface area contributed by atoms with Gasteiger partial charge in [-0.1, -0.05) is 11.6 Å². The van der Waals surface area contributed by atoms with E-state index in [1.165, 1.54) is 5.57 Å². The Kier molecular flexibility index (Phi) is 3.14. The lowest BCUT2D eigenvalue weighted by Crippen LogP contribution is -2.03. The molecular weight excluding hydrogens is 164 g/mol. The average molecular weight is 184 g/mol. The highest BCUT2D eigenvalue weighted by atomic mass is 16.6. The summed E-state index contributed by atoms with van der Waals surface area (Å²) in [6.45, 7) is 8.07. The quantitative estimate of drug-likeness (QED) is 0.537. The monoisotopic (exact) mass is 184 g/mol. The first kappa shape index (κ1) is 10.7. The molecule has 1 saturated heterocycles. The molecule has 1 N–H and O–H groups in total.